The van der Waals surface area contributed by atoms with Crippen LogP contribution >= 0.6 is 15.9 Å². The van der Waals surface area contributed by atoms with Crippen LogP contribution in [0.3, 0.4) is 0 Å². The zero-order chi connectivity index (χ0) is 15.2. The lowest BCUT2D eigenvalue weighted by atomic mass is 10.1. The second-order valence-electron chi connectivity index (χ2n) is 5.14. The molecule has 0 aliphatic heterocycles. The quantitative estimate of drug-likeness (QED) is 0.834. The van der Waals surface area contributed by atoms with Crippen molar-refractivity contribution in [2.24, 2.45) is 0 Å². The first-order valence-corrected chi connectivity index (χ1v) is 8.28. The number of benzene rings is 1. The number of aryl methyl sites for hydroxylation is 1. The van der Waals surface area contributed by atoms with E-state index in [1.165, 1.54) is 11.1 Å². The zero-order valence-electron chi connectivity index (χ0n) is 12.9. The van der Waals surface area contributed by atoms with Crippen molar-refractivity contribution in [3.8, 4) is 0 Å². The minimum Gasteiger partial charge on any atom is -0.370 e. The van der Waals surface area contributed by atoms with Crippen molar-refractivity contribution in [1.82, 2.24) is 9.97 Å². The molecule has 1 N–H and O–H groups in total. The van der Waals surface area contributed by atoms with Crippen molar-refractivity contribution in [1.29, 1.82) is 0 Å². The van der Waals surface area contributed by atoms with E-state index in [2.05, 4.69) is 59.1 Å². The lowest BCUT2D eigenvalue weighted by Gasteiger charge is -2.13. The smallest absolute Gasteiger partial charge is 0.135 e. The van der Waals surface area contributed by atoms with Gasteiger partial charge in [-0.05, 0) is 37.5 Å². The van der Waals surface area contributed by atoms with Crippen molar-refractivity contribution < 1.29 is 0 Å². The minimum absolute atomic E-state index is 0.755. The fourth-order valence-electron chi connectivity index (χ4n) is 2.38. The van der Waals surface area contributed by atoms with Crippen molar-refractivity contribution in [2.45, 2.75) is 40.0 Å². The molecule has 0 amide bonds. The molecule has 0 saturated heterocycles. The summed E-state index contributed by atoms with van der Waals surface area (Å²) in [5, 5.41) is 3.43. The summed E-state index contributed by atoms with van der Waals surface area (Å²) in [4.78, 5) is 9.40. The highest BCUT2D eigenvalue weighted by molar-refractivity contribution is 9.10. The largest absolute Gasteiger partial charge is 0.370 e. The Morgan fingerprint density at radius 3 is 2.67 bits per heavy atom. The van der Waals surface area contributed by atoms with Gasteiger partial charge in [0.25, 0.3) is 0 Å². The van der Waals surface area contributed by atoms with Crippen LogP contribution in [-0.4, -0.2) is 16.5 Å². The van der Waals surface area contributed by atoms with Crippen LogP contribution in [0.2, 0.25) is 0 Å². The molecule has 0 radical (unpaired) electrons. The summed E-state index contributed by atoms with van der Waals surface area (Å²) in [6.45, 7) is 7.33. The van der Waals surface area contributed by atoms with Gasteiger partial charge in [0.15, 0.2) is 0 Å². The van der Waals surface area contributed by atoms with Crippen molar-refractivity contribution >= 4 is 21.7 Å². The third-order valence-corrected chi connectivity index (χ3v) is 3.90. The molecule has 2 aromatic rings. The Bertz CT molecular complexity index is 611. The summed E-state index contributed by atoms with van der Waals surface area (Å²) < 4.78 is 1.09. The number of aromatic nitrogens is 2. The summed E-state index contributed by atoms with van der Waals surface area (Å²) >= 11 is 3.51. The Hall–Kier alpha value is -1.42. The summed E-state index contributed by atoms with van der Waals surface area (Å²) in [5.74, 6) is 1.87. The number of hydrogen-bond acceptors (Lipinski definition) is 3. The van der Waals surface area contributed by atoms with Gasteiger partial charge >= 0.3 is 0 Å². The monoisotopic (exact) mass is 347 g/mol. The third kappa shape index (κ3) is 4.27. The zero-order valence-corrected chi connectivity index (χ0v) is 14.5. The SMILES string of the molecule is CCCNc1nc(Cc2cccc(Br)c2)nc(C)c1CC. The van der Waals surface area contributed by atoms with Gasteiger partial charge in [0.2, 0.25) is 0 Å². The molecule has 21 heavy (non-hydrogen) atoms. The molecule has 0 spiro atoms. The molecule has 0 aliphatic rings. The van der Waals surface area contributed by atoms with Gasteiger partial charge < -0.3 is 5.32 Å². The highest BCUT2D eigenvalue weighted by atomic mass is 79.9. The molecule has 1 heterocycles. The predicted octanol–water partition coefficient (Wildman–Crippen LogP) is 4.52. The summed E-state index contributed by atoms with van der Waals surface area (Å²) in [7, 11) is 0. The van der Waals surface area contributed by atoms with Gasteiger partial charge in [0.1, 0.15) is 11.6 Å². The van der Waals surface area contributed by atoms with E-state index >= 15 is 0 Å². The van der Waals surface area contributed by atoms with E-state index in [9.17, 15) is 0 Å². The van der Waals surface area contributed by atoms with Gasteiger partial charge in [-0.25, -0.2) is 9.97 Å². The normalized spacial score (nSPS) is 10.7. The topological polar surface area (TPSA) is 37.8 Å². The molecule has 1 aromatic heterocycles. The number of rotatable bonds is 6. The van der Waals surface area contributed by atoms with Crippen LogP contribution in [0.15, 0.2) is 28.7 Å². The number of anilines is 1. The van der Waals surface area contributed by atoms with E-state index in [0.717, 1.165) is 47.6 Å². The maximum absolute atomic E-state index is 4.73. The molecule has 0 unspecified atom stereocenters. The van der Waals surface area contributed by atoms with Crippen LogP contribution in [0.4, 0.5) is 5.82 Å². The average molecular weight is 348 g/mol. The van der Waals surface area contributed by atoms with E-state index in [1.807, 2.05) is 12.1 Å². The van der Waals surface area contributed by atoms with Crippen molar-refractivity contribution in [3.05, 3.63) is 51.4 Å². The Morgan fingerprint density at radius 2 is 2.00 bits per heavy atom. The van der Waals surface area contributed by atoms with Gasteiger partial charge in [-0.3, -0.25) is 0 Å². The van der Waals surface area contributed by atoms with Crippen LogP contribution in [0.1, 0.15) is 42.9 Å². The highest BCUT2D eigenvalue weighted by Crippen LogP contribution is 2.19. The van der Waals surface area contributed by atoms with Gasteiger partial charge in [0, 0.05) is 28.7 Å². The first-order chi connectivity index (χ1) is 10.1. The minimum atomic E-state index is 0.755. The Morgan fingerprint density at radius 1 is 1.19 bits per heavy atom. The molecule has 0 atom stereocenters. The van der Waals surface area contributed by atoms with Gasteiger partial charge in [-0.15, -0.1) is 0 Å². The molecule has 0 bridgehead atoms. The molecule has 3 nitrogen and oxygen atoms in total. The van der Waals surface area contributed by atoms with E-state index in [4.69, 9.17) is 4.98 Å². The molecule has 0 saturated carbocycles. The van der Waals surface area contributed by atoms with E-state index in [0.29, 0.717) is 0 Å². The molecule has 112 valence electrons. The number of nitrogens with one attached hydrogen (secondary N) is 1. The predicted molar refractivity (Wildman–Crippen MR) is 91.9 cm³/mol. The average Bonchev–Trinajstić information content (AvgIpc) is 2.45. The lowest BCUT2D eigenvalue weighted by molar-refractivity contribution is 0.886. The van der Waals surface area contributed by atoms with Gasteiger partial charge in [0.05, 0.1) is 0 Å². The van der Waals surface area contributed by atoms with Crippen molar-refractivity contribution in [2.75, 3.05) is 11.9 Å². The fraction of sp³-hybridized carbons (Fsp3) is 0.412. The van der Waals surface area contributed by atoms with Gasteiger partial charge in [-0.1, -0.05) is 41.9 Å². The van der Waals surface area contributed by atoms with Crippen molar-refractivity contribution in [3.63, 3.8) is 0 Å². The Balaban J connectivity index is 2.29. The standard InChI is InChI=1S/C17H22BrN3/c1-4-9-19-17-15(5-2)12(3)20-16(21-17)11-13-7-6-8-14(18)10-13/h6-8,10H,4-5,9,11H2,1-3H3,(H,19,20,21). The molecule has 4 heteroatoms. The molecule has 1 aromatic carbocycles. The second kappa shape index (κ2) is 7.55. The summed E-state index contributed by atoms with van der Waals surface area (Å²) in [5.41, 5.74) is 3.52. The summed E-state index contributed by atoms with van der Waals surface area (Å²) in [6, 6.07) is 8.30. The van der Waals surface area contributed by atoms with Crippen LogP contribution in [0.5, 0.6) is 0 Å². The van der Waals surface area contributed by atoms with Gasteiger partial charge in [-0.2, -0.15) is 0 Å². The number of nitrogens with zero attached hydrogens (tertiary/aromatic N) is 2. The second-order valence-corrected chi connectivity index (χ2v) is 6.06. The van der Waals surface area contributed by atoms with Crippen LogP contribution in [0.25, 0.3) is 0 Å². The Labute approximate surface area is 135 Å². The van der Waals surface area contributed by atoms with E-state index in [-0.39, 0.29) is 0 Å². The fourth-order valence-corrected chi connectivity index (χ4v) is 2.82. The lowest BCUT2D eigenvalue weighted by Crippen LogP contribution is -2.11. The highest BCUT2D eigenvalue weighted by Gasteiger charge is 2.10. The number of hydrogen-bond donors (Lipinski definition) is 1. The summed E-state index contributed by atoms with van der Waals surface area (Å²) in [6.07, 6.45) is 2.80. The number of halogens is 1. The maximum Gasteiger partial charge on any atom is 0.135 e. The first-order valence-electron chi connectivity index (χ1n) is 7.48. The molecule has 0 aliphatic carbocycles. The van der Waals surface area contributed by atoms with Crippen LogP contribution < -0.4 is 5.32 Å². The van der Waals surface area contributed by atoms with Crippen LogP contribution in [0, 0.1) is 6.92 Å². The molecular formula is C17H22BrN3. The maximum atomic E-state index is 4.73. The van der Waals surface area contributed by atoms with E-state index in [1.54, 1.807) is 0 Å². The molecule has 0 fully saturated rings. The molecule has 2 rings (SSSR count). The van der Waals surface area contributed by atoms with E-state index < -0.39 is 0 Å². The molecular weight excluding hydrogens is 326 g/mol. The Kier molecular flexibility index (Phi) is 5.74. The third-order valence-electron chi connectivity index (χ3n) is 3.41. The van der Waals surface area contributed by atoms with Crippen LogP contribution in [-0.2, 0) is 12.8 Å². The first kappa shape index (κ1) is 16.0.